The molecule has 0 N–H and O–H groups in total. The van der Waals surface area contributed by atoms with Gasteiger partial charge < -0.3 is 9.13 Å². The molecule has 34 heavy (non-hydrogen) atoms. The first kappa shape index (κ1) is 24.7. The minimum Gasteiger partial charge on any atom is -0.433 e. The van der Waals surface area contributed by atoms with Crippen LogP contribution in [0.3, 0.4) is 0 Å². The third kappa shape index (κ3) is 3.53. The molecular weight excluding hydrogens is 599 g/mol. The van der Waals surface area contributed by atoms with Crippen molar-refractivity contribution in [3.05, 3.63) is 94.8 Å². The van der Waals surface area contributed by atoms with Gasteiger partial charge in [-0.05, 0) is 36.8 Å². The topological polar surface area (TPSA) is 35.6 Å². The van der Waals surface area contributed by atoms with Crippen LogP contribution in [0.2, 0.25) is 0 Å². The molecule has 0 saturated carbocycles. The van der Waals surface area contributed by atoms with Crippen molar-refractivity contribution in [2.75, 3.05) is 0 Å². The predicted octanol–water partition coefficient (Wildman–Crippen LogP) is 6.17. The van der Waals surface area contributed by atoms with Crippen molar-refractivity contribution in [3.8, 4) is 11.6 Å². The van der Waals surface area contributed by atoms with E-state index in [1.54, 1.807) is 0 Å². The monoisotopic (exact) mass is 631 g/mol. The fraction of sp³-hybridized carbons (Fsp3) is 0.379. The molecule has 1 aliphatic heterocycles. The van der Waals surface area contributed by atoms with Gasteiger partial charge in [-0.3, -0.25) is 9.97 Å². The van der Waals surface area contributed by atoms with Gasteiger partial charge in [-0.1, -0.05) is 78.2 Å². The summed E-state index contributed by atoms with van der Waals surface area (Å²) in [6.45, 7) is 17.8. The summed E-state index contributed by atoms with van der Waals surface area (Å²) in [6, 6.07) is 17.0. The molecule has 8 bridgehead atoms. The molecule has 5 rings (SSSR count). The van der Waals surface area contributed by atoms with E-state index in [1.165, 1.54) is 11.1 Å². The van der Waals surface area contributed by atoms with Gasteiger partial charge >= 0.3 is 21.1 Å². The number of aromatic nitrogens is 4. The predicted molar refractivity (Wildman–Crippen MR) is 132 cm³/mol. The van der Waals surface area contributed by atoms with Gasteiger partial charge in [-0.2, -0.15) is 12.1 Å². The minimum absolute atomic E-state index is 0. The number of nitrogens with zero attached hydrogens (tertiary/aromatic N) is 4. The zero-order valence-corrected chi connectivity index (χ0v) is 23.5. The number of fused-ring (bicyclic) bond motifs is 10. The van der Waals surface area contributed by atoms with E-state index in [0.717, 1.165) is 34.4 Å². The van der Waals surface area contributed by atoms with Crippen molar-refractivity contribution < 1.29 is 21.1 Å². The van der Waals surface area contributed by atoms with Gasteiger partial charge in [0.2, 0.25) is 0 Å². The molecular formula is C29H32N4Pt. The molecule has 0 unspecified atom stereocenters. The van der Waals surface area contributed by atoms with Crippen LogP contribution in [0.1, 0.15) is 75.4 Å². The van der Waals surface area contributed by atoms with Crippen LogP contribution >= 0.6 is 0 Å². The maximum Gasteiger partial charge on any atom is 2.00 e. The Balaban J connectivity index is 0.00000274. The van der Waals surface area contributed by atoms with Crippen LogP contribution in [0.15, 0.2) is 48.5 Å². The van der Waals surface area contributed by atoms with Crippen LogP contribution in [0.4, 0.5) is 0 Å². The molecule has 1 aliphatic rings. The first-order chi connectivity index (χ1) is 15.4. The fourth-order valence-electron chi connectivity index (χ4n) is 4.74. The number of hydrogen-bond donors (Lipinski definition) is 0. The number of pyridine rings is 2. The van der Waals surface area contributed by atoms with E-state index in [1.807, 2.05) is 0 Å². The number of aryl methyl sites for hydroxylation is 2. The molecule has 0 saturated heterocycles. The second-order valence-electron chi connectivity index (χ2n) is 10.9. The summed E-state index contributed by atoms with van der Waals surface area (Å²) in [5.74, 6) is 1.77. The molecule has 0 atom stereocenters. The van der Waals surface area contributed by atoms with Crippen molar-refractivity contribution in [1.82, 2.24) is 19.1 Å². The van der Waals surface area contributed by atoms with Crippen LogP contribution < -0.4 is 0 Å². The van der Waals surface area contributed by atoms with E-state index in [0.29, 0.717) is 0 Å². The smallest absolute Gasteiger partial charge is 0.433 e. The number of hydrogen-bond acceptors (Lipinski definition) is 2. The molecule has 0 radical (unpaired) electrons. The quantitative estimate of drug-likeness (QED) is 0.218. The molecule has 0 amide bonds. The zero-order chi connectivity index (χ0) is 23.8. The Hall–Kier alpha value is -2.45. The van der Waals surface area contributed by atoms with Gasteiger partial charge in [0.25, 0.3) is 0 Å². The van der Waals surface area contributed by atoms with E-state index in [9.17, 15) is 0 Å². The Labute approximate surface area is 217 Å². The maximum atomic E-state index is 5.09. The van der Waals surface area contributed by atoms with Gasteiger partial charge in [0.15, 0.2) is 0 Å². The van der Waals surface area contributed by atoms with Crippen LogP contribution in [0.5, 0.6) is 0 Å². The molecule has 0 fully saturated rings. The second-order valence-corrected chi connectivity index (χ2v) is 10.9. The van der Waals surface area contributed by atoms with E-state index >= 15 is 0 Å². The summed E-state index contributed by atoms with van der Waals surface area (Å²) in [6.07, 6.45) is 7.34. The van der Waals surface area contributed by atoms with E-state index in [-0.39, 0.29) is 37.3 Å². The molecule has 178 valence electrons. The van der Waals surface area contributed by atoms with Crippen molar-refractivity contribution in [3.63, 3.8) is 0 Å². The summed E-state index contributed by atoms with van der Waals surface area (Å²) in [4.78, 5) is 10.2. The molecule has 0 aliphatic carbocycles. The van der Waals surface area contributed by atoms with Gasteiger partial charge in [0, 0.05) is 16.8 Å². The molecule has 0 spiro atoms. The van der Waals surface area contributed by atoms with E-state index in [4.69, 9.17) is 9.97 Å². The molecule has 4 nitrogen and oxygen atoms in total. The third-order valence-electron chi connectivity index (χ3n) is 7.99. The van der Waals surface area contributed by atoms with Crippen LogP contribution in [0.25, 0.3) is 11.6 Å². The van der Waals surface area contributed by atoms with Gasteiger partial charge in [0.1, 0.15) is 0 Å². The first-order valence-corrected chi connectivity index (χ1v) is 11.6. The molecule has 4 aromatic heterocycles. The van der Waals surface area contributed by atoms with Gasteiger partial charge in [0.05, 0.1) is 11.6 Å². The summed E-state index contributed by atoms with van der Waals surface area (Å²) in [5.41, 5.74) is 5.82. The van der Waals surface area contributed by atoms with Gasteiger partial charge in [-0.25, -0.2) is 0 Å². The average molecular weight is 632 g/mol. The van der Waals surface area contributed by atoms with Crippen molar-refractivity contribution in [2.45, 2.75) is 71.6 Å². The first-order valence-electron chi connectivity index (χ1n) is 11.6. The normalized spacial score (nSPS) is 17.3. The second kappa shape index (κ2) is 8.05. The maximum absolute atomic E-state index is 5.09. The SMILES string of the molecule is Cc1cc2[c-]n1-c1cccc(n1)C(C)(C)c1cccc(n1)-n1[c-]c(cc1C)C(C)(C)C2(C)C.[Pt+2]. The minimum atomic E-state index is -0.363. The van der Waals surface area contributed by atoms with Gasteiger partial charge in [-0.15, -0.1) is 22.5 Å². The standard InChI is InChI=1S/C29H32N4.Pt/c1-19-15-21-17-32(19)25-13-9-11-23(30-25)27(3,4)24-12-10-14-26(31-24)33-18-22(16-20(33)2)29(7,8)28(21,5)6;/h9-16H,1-8H3;/q-2;+2. The Morgan fingerprint density at radius 3 is 1.41 bits per heavy atom. The van der Waals surface area contributed by atoms with Crippen molar-refractivity contribution >= 4 is 0 Å². The summed E-state index contributed by atoms with van der Waals surface area (Å²) in [7, 11) is 0. The largest absolute Gasteiger partial charge is 2.00 e. The van der Waals surface area contributed by atoms with Crippen molar-refractivity contribution in [2.24, 2.45) is 0 Å². The molecule has 4 aromatic rings. The Bertz CT molecular complexity index is 1270. The Kier molecular flexibility index (Phi) is 5.84. The summed E-state index contributed by atoms with van der Waals surface area (Å²) >= 11 is 0. The number of rotatable bonds is 0. The molecule has 5 heterocycles. The zero-order valence-electron chi connectivity index (χ0n) is 21.2. The molecule has 5 heteroatoms. The summed E-state index contributed by atoms with van der Waals surface area (Å²) < 4.78 is 4.19. The van der Waals surface area contributed by atoms with E-state index < -0.39 is 0 Å². The van der Waals surface area contributed by atoms with E-state index in [2.05, 4.69) is 125 Å². The Morgan fingerprint density at radius 1 is 0.647 bits per heavy atom. The fourth-order valence-corrected chi connectivity index (χ4v) is 4.74. The van der Waals surface area contributed by atoms with Crippen molar-refractivity contribution in [1.29, 1.82) is 0 Å². The average Bonchev–Trinajstić information content (AvgIpc) is 3.37. The van der Waals surface area contributed by atoms with Crippen LogP contribution in [-0.4, -0.2) is 19.1 Å². The summed E-state index contributed by atoms with van der Waals surface area (Å²) in [5, 5.41) is 0. The van der Waals surface area contributed by atoms with Crippen LogP contribution in [-0.2, 0) is 37.3 Å². The Morgan fingerprint density at radius 2 is 1.03 bits per heavy atom. The van der Waals surface area contributed by atoms with Crippen LogP contribution in [0, 0.1) is 26.2 Å². The third-order valence-corrected chi connectivity index (χ3v) is 7.99. The molecule has 0 aromatic carbocycles.